The molecule has 0 atom stereocenters. The molecule has 1 aromatic heterocycles. The van der Waals surface area contributed by atoms with E-state index in [2.05, 4.69) is 29.0 Å². The number of rotatable bonds is 7. The molecule has 0 unspecified atom stereocenters. The molecule has 0 spiro atoms. The molecule has 31 heavy (non-hydrogen) atoms. The van der Waals surface area contributed by atoms with Crippen LogP contribution in [0.4, 0.5) is 16.3 Å². The van der Waals surface area contributed by atoms with E-state index in [0.717, 1.165) is 36.9 Å². The van der Waals surface area contributed by atoms with Crippen LogP contribution in [0.15, 0.2) is 30.6 Å². The van der Waals surface area contributed by atoms with E-state index in [1.807, 2.05) is 26.8 Å². The van der Waals surface area contributed by atoms with Crippen LogP contribution in [0.25, 0.3) is 0 Å². The van der Waals surface area contributed by atoms with Gasteiger partial charge in [-0.25, -0.2) is 20.6 Å². The summed E-state index contributed by atoms with van der Waals surface area (Å²) in [7, 11) is 0. The zero-order chi connectivity index (χ0) is 22.4. The summed E-state index contributed by atoms with van der Waals surface area (Å²) in [6.45, 7) is 9.11. The zero-order valence-electron chi connectivity index (χ0n) is 18.9. The fourth-order valence-electron chi connectivity index (χ4n) is 3.68. The van der Waals surface area contributed by atoms with Crippen molar-refractivity contribution < 1.29 is 14.3 Å². The van der Waals surface area contributed by atoms with Gasteiger partial charge in [0.15, 0.2) is 5.82 Å². The van der Waals surface area contributed by atoms with Gasteiger partial charge in [0.1, 0.15) is 12.4 Å². The lowest BCUT2D eigenvalue weighted by Gasteiger charge is -2.31. The number of hydrogen-bond acceptors (Lipinski definition) is 7. The van der Waals surface area contributed by atoms with E-state index in [1.54, 1.807) is 16.0 Å². The average molecular weight is 428 g/mol. The highest BCUT2D eigenvalue weighted by atomic mass is 16.6. The van der Waals surface area contributed by atoms with Crippen molar-refractivity contribution in [2.24, 2.45) is 5.84 Å². The number of ether oxygens (including phenoxy) is 2. The van der Waals surface area contributed by atoms with Crippen molar-refractivity contribution in [1.82, 2.24) is 14.9 Å². The fourth-order valence-corrected chi connectivity index (χ4v) is 3.68. The molecule has 8 heteroatoms. The first-order valence-electron chi connectivity index (χ1n) is 11.0. The summed E-state index contributed by atoms with van der Waals surface area (Å²) in [5.41, 5.74) is 3.28. The molecule has 1 fully saturated rings. The van der Waals surface area contributed by atoms with Crippen LogP contribution in [0.3, 0.4) is 0 Å². The molecule has 0 radical (unpaired) electrons. The van der Waals surface area contributed by atoms with Crippen LogP contribution in [0.2, 0.25) is 0 Å². The third-order valence-electron chi connectivity index (χ3n) is 5.26. The summed E-state index contributed by atoms with van der Waals surface area (Å²) in [6, 6.07) is 8.03. The van der Waals surface area contributed by atoms with Gasteiger partial charge in [-0.05, 0) is 44.4 Å². The molecule has 2 aromatic rings. The van der Waals surface area contributed by atoms with E-state index in [0.29, 0.717) is 24.8 Å². The number of anilines is 2. The van der Waals surface area contributed by atoms with E-state index in [9.17, 15) is 4.79 Å². The minimum absolute atomic E-state index is 0.0212. The van der Waals surface area contributed by atoms with Gasteiger partial charge in [-0.3, -0.25) is 5.01 Å². The summed E-state index contributed by atoms with van der Waals surface area (Å²) in [5.74, 6) is 7.40. The topological polar surface area (TPSA) is 93.8 Å². The van der Waals surface area contributed by atoms with Crippen LogP contribution in [0, 0.1) is 6.92 Å². The van der Waals surface area contributed by atoms with Crippen LogP contribution in [-0.2, 0) is 11.2 Å². The smallest absolute Gasteiger partial charge is 0.410 e. The maximum atomic E-state index is 12.0. The highest BCUT2D eigenvalue weighted by molar-refractivity contribution is 5.68. The van der Waals surface area contributed by atoms with Crippen LogP contribution in [0.5, 0.6) is 5.88 Å². The van der Waals surface area contributed by atoms with Gasteiger partial charge >= 0.3 is 6.09 Å². The van der Waals surface area contributed by atoms with Gasteiger partial charge in [0, 0.05) is 32.0 Å². The number of nitrogens with two attached hydrogens (primary N) is 1. The van der Waals surface area contributed by atoms with Gasteiger partial charge in [0.2, 0.25) is 5.88 Å². The van der Waals surface area contributed by atoms with Crippen LogP contribution < -0.4 is 15.6 Å². The highest BCUT2D eigenvalue weighted by Crippen LogP contribution is 2.27. The molecule has 8 nitrogen and oxygen atoms in total. The van der Waals surface area contributed by atoms with E-state index in [4.69, 9.17) is 15.3 Å². The van der Waals surface area contributed by atoms with Crippen molar-refractivity contribution in [3.63, 3.8) is 0 Å². The summed E-state index contributed by atoms with van der Waals surface area (Å²) >= 11 is 0. The van der Waals surface area contributed by atoms with E-state index in [1.165, 1.54) is 11.9 Å². The molecule has 1 aromatic carbocycles. The summed E-state index contributed by atoms with van der Waals surface area (Å²) in [6.07, 6.45) is 4.64. The number of nitrogens with zero attached hydrogens (tertiary/aromatic N) is 4. The first-order valence-corrected chi connectivity index (χ1v) is 11.0. The van der Waals surface area contributed by atoms with Crippen molar-refractivity contribution in [3.8, 4) is 5.88 Å². The molecule has 1 aliphatic heterocycles. The largest absolute Gasteiger partial charge is 0.474 e. The molecule has 0 aliphatic carbocycles. The van der Waals surface area contributed by atoms with Crippen molar-refractivity contribution in [2.45, 2.75) is 65.6 Å². The van der Waals surface area contributed by atoms with Gasteiger partial charge < -0.3 is 14.4 Å². The average Bonchev–Trinajstić information content (AvgIpc) is 2.74. The third kappa shape index (κ3) is 6.07. The number of carbonyl (C=O) groups excluding carboxylic acids is 1. The Morgan fingerprint density at radius 3 is 2.65 bits per heavy atom. The lowest BCUT2D eigenvalue weighted by molar-refractivity contribution is 0.0507. The lowest BCUT2D eigenvalue weighted by Crippen LogP contribution is -2.42. The molecule has 2 N–H and O–H groups in total. The predicted octanol–water partition coefficient (Wildman–Crippen LogP) is 4.14. The van der Waals surface area contributed by atoms with Crippen molar-refractivity contribution in [2.75, 3.05) is 18.1 Å². The van der Waals surface area contributed by atoms with Gasteiger partial charge in [-0.1, -0.05) is 25.5 Å². The number of benzene rings is 1. The van der Waals surface area contributed by atoms with E-state index < -0.39 is 0 Å². The van der Waals surface area contributed by atoms with Gasteiger partial charge in [-0.2, -0.15) is 0 Å². The summed E-state index contributed by atoms with van der Waals surface area (Å²) in [5, 5.41) is 1.56. The standard InChI is InChI=1S/C23H33N5O3/c1-5-6-18-7-8-20(17(4)13-18)28(24)21-14-22(26-15-25-21)31-19-9-11-27(12-10-19)23(29)30-16(2)3/h7-8,13-16,19H,5-6,9-12,24H2,1-4H3. The number of piperidine rings is 1. The second-order valence-corrected chi connectivity index (χ2v) is 8.19. The fraction of sp³-hybridized carbons (Fsp3) is 0.522. The molecular formula is C23H33N5O3. The van der Waals surface area contributed by atoms with Crippen LogP contribution >= 0.6 is 0 Å². The summed E-state index contributed by atoms with van der Waals surface area (Å²) in [4.78, 5) is 22.3. The minimum atomic E-state index is -0.267. The molecular weight excluding hydrogens is 394 g/mol. The second kappa shape index (κ2) is 10.4. The number of hydrazine groups is 1. The van der Waals surface area contributed by atoms with Crippen molar-refractivity contribution in [1.29, 1.82) is 0 Å². The molecule has 1 saturated heterocycles. The minimum Gasteiger partial charge on any atom is -0.474 e. The number of amides is 1. The van der Waals surface area contributed by atoms with E-state index >= 15 is 0 Å². The number of carbonyl (C=O) groups is 1. The second-order valence-electron chi connectivity index (χ2n) is 8.19. The Morgan fingerprint density at radius 2 is 2.00 bits per heavy atom. The normalized spacial score (nSPS) is 14.6. The van der Waals surface area contributed by atoms with E-state index in [-0.39, 0.29) is 18.3 Å². The zero-order valence-corrected chi connectivity index (χ0v) is 18.9. The lowest BCUT2D eigenvalue weighted by atomic mass is 10.1. The quantitative estimate of drug-likeness (QED) is 0.524. The van der Waals surface area contributed by atoms with Crippen molar-refractivity contribution >= 4 is 17.6 Å². The number of hydrogen-bond donors (Lipinski definition) is 1. The molecule has 1 amide bonds. The van der Waals surface area contributed by atoms with Gasteiger partial charge in [0.05, 0.1) is 11.8 Å². The molecule has 0 bridgehead atoms. The number of aryl methyl sites for hydroxylation is 2. The molecule has 168 valence electrons. The molecule has 3 rings (SSSR count). The highest BCUT2D eigenvalue weighted by Gasteiger charge is 2.26. The molecule has 0 saturated carbocycles. The van der Waals surface area contributed by atoms with Crippen LogP contribution in [0.1, 0.15) is 51.2 Å². The third-order valence-corrected chi connectivity index (χ3v) is 5.26. The molecule has 2 heterocycles. The number of aromatic nitrogens is 2. The SMILES string of the molecule is CCCc1ccc(N(N)c2cc(OC3CCN(C(=O)OC(C)C)CC3)ncn2)c(C)c1. The Morgan fingerprint density at radius 1 is 1.26 bits per heavy atom. The Hall–Kier alpha value is -2.87. The van der Waals surface area contributed by atoms with Gasteiger partial charge in [0.25, 0.3) is 0 Å². The maximum Gasteiger partial charge on any atom is 0.410 e. The van der Waals surface area contributed by atoms with Crippen LogP contribution in [-0.4, -0.2) is 46.3 Å². The Bertz CT molecular complexity index is 881. The van der Waals surface area contributed by atoms with Gasteiger partial charge in [-0.15, -0.1) is 0 Å². The Kier molecular flexibility index (Phi) is 7.68. The maximum absolute atomic E-state index is 12.0. The summed E-state index contributed by atoms with van der Waals surface area (Å²) < 4.78 is 11.3. The molecule has 1 aliphatic rings. The number of likely N-dealkylation sites (tertiary alicyclic amines) is 1. The first-order chi connectivity index (χ1) is 14.9. The monoisotopic (exact) mass is 427 g/mol. The van der Waals surface area contributed by atoms with Crippen molar-refractivity contribution in [3.05, 3.63) is 41.7 Å². The first kappa shape index (κ1) is 22.8. The Labute approximate surface area is 184 Å². The Balaban J connectivity index is 1.61. The predicted molar refractivity (Wildman–Crippen MR) is 120 cm³/mol.